The number of hydrogen-bond acceptors (Lipinski definition) is 7. The van der Waals surface area contributed by atoms with Gasteiger partial charge in [0.1, 0.15) is 11.1 Å². The summed E-state index contributed by atoms with van der Waals surface area (Å²) >= 11 is 0. The second-order valence-corrected chi connectivity index (χ2v) is 5.19. The molecule has 1 unspecified atom stereocenters. The van der Waals surface area contributed by atoms with Gasteiger partial charge in [0.25, 0.3) is 5.91 Å². The molecular weight excluding hydrogens is 333 g/mol. The van der Waals surface area contributed by atoms with E-state index in [0.717, 1.165) is 0 Å². The molecule has 1 atom stereocenters. The lowest BCUT2D eigenvalue weighted by Gasteiger charge is -2.22. The minimum atomic E-state index is -4.93. The van der Waals surface area contributed by atoms with E-state index in [2.05, 4.69) is 20.0 Å². The highest BCUT2D eigenvalue weighted by Crippen LogP contribution is 2.32. The molecule has 2 rings (SSSR count). The Morgan fingerprint density at radius 3 is 2.62 bits per heavy atom. The number of nitrogens with zero attached hydrogens (tertiary/aromatic N) is 2. The molecule has 0 aromatic carbocycles. The number of hydrogen-bond donors (Lipinski definition) is 2. The first-order valence-corrected chi connectivity index (χ1v) is 6.80. The average Bonchev–Trinajstić information content (AvgIpc) is 2.70. The number of halogens is 3. The number of imide groups is 1. The van der Waals surface area contributed by atoms with Crippen LogP contribution >= 0.6 is 0 Å². The van der Waals surface area contributed by atoms with E-state index in [4.69, 9.17) is 0 Å². The lowest BCUT2D eigenvalue weighted by Crippen LogP contribution is -2.43. The Bertz CT molecular complexity index is 707. The Hall–Kier alpha value is -2.72. The highest BCUT2D eigenvalue weighted by atomic mass is 19.4. The molecular formula is C13H13F3N4O4. The molecule has 2 amide bonds. The van der Waals surface area contributed by atoms with E-state index in [0.29, 0.717) is 6.20 Å². The van der Waals surface area contributed by atoms with Gasteiger partial charge in [-0.1, -0.05) is 0 Å². The molecule has 0 spiro atoms. The van der Waals surface area contributed by atoms with E-state index in [1.54, 1.807) is 0 Å². The van der Waals surface area contributed by atoms with Crippen LogP contribution < -0.4 is 10.6 Å². The van der Waals surface area contributed by atoms with Gasteiger partial charge in [-0.15, -0.1) is 0 Å². The van der Waals surface area contributed by atoms with Crippen LogP contribution in [0.5, 0.6) is 0 Å². The fraction of sp³-hybridized carbons (Fsp3) is 0.462. The number of ether oxygens (including phenoxy) is 1. The van der Waals surface area contributed by atoms with Gasteiger partial charge in [0.15, 0.2) is 5.69 Å². The van der Waals surface area contributed by atoms with Crippen molar-refractivity contribution in [3.63, 3.8) is 0 Å². The van der Waals surface area contributed by atoms with Crippen LogP contribution in [0.15, 0.2) is 6.20 Å². The topological polar surface area (TPSA) is 110 Å². The van der Waals surface area contributed by atoms with Gasteiger partial charge in [-0.3, -0.25) is 14.9 Å². The Labute approximate surface area is 133 Å². The molecule has 1 fully saturated rings. The van der Waals surface area contributed by atoms with Gasteiger partial charge >= 0.3 is 12.1 Å². The van der Waals surface area contributed by atoms with Crippen molar-refractivity contribution in [2.24, 2.45) is 0 Å². The fourth-order valence-electron chi connectivity index (χ4n) is 2.07. The summed E-state index contributed by atoms with van der Waals surface area (Å²) in [5.41, 5.74) is -3.82. The summed E-state index contributed by atoms with van der Waals surface area (Å²) < 4.78 is 43.9. The number of anilines is 1. The predicted octanol–water partition coefficient (Wildman–Crippen LogP) is 0.889. The first-order valence-electron chi connectivity index (χ1n) is 6.80. The molecule has 1 aromatic rings. The maximum atomic E-state index is 13.1. The van der Waals surface area contributed by atoms with Gasteiger partial charge < -0.3 is 10.1 Å². The van der Waals surface area contributed by atoms with E-state index < -0.39 is 46.7 Å². The summed E-state index contributed by atoms with van der Waals surface area (Å²) in [4.78, 5) is 41.4. The predicted molar refractivity (Wildman–Crippen MR) is 72.8 cm³/mol. The van der Waals surface area contributed by atoms with Crippen LogP contribution in [0.3, 0.4) is 0 Å². The maximum Gasteiger partial charge on any atom is 0.434 e. The van der Waals surface area contributed by atoms with E-state index in [1.807, 2.05) is 5.32 Å². The number of carbonyl (C=O) groups excluding carboxylic acids is 3. The lowest BCUT2D eigenvalue weighted by molar-refractivity contribution is -0.141. The third-order valence-electron chi connectivity index (χ3n) is 3.21. The maximum absolute atomic E-state index is 13.1. The molecule has 24 heavy (non-hydrogen) atoms. The molecule has 1 aliphatic rings. The lowest BCUT2D eigenvalue weighted by atomic mass is 10.0. The number of nitrogens with one attached hydrogen (secondary N) is 2. The van der Waals surface area contributed by atoms with Gasteiger partial charge in [0, 0.05) is 6.20 Å². The van der Waals surface area contributed by atoms with Crippen LogP contribution in [0.4, 0.5) is 19.1 Å². The molecule has 0 aliphatic carbocycles. The quantitative estimate of drug-likeness (QED) is 0.615. The fourth-order valence-corrected chi connectivity index (χ4v) is 2.07. The SMILES string of the molecule is CCOC(=O)c1cnc(NC2(C)CC(=O)NC2=O)nc1C(F)(F)F. The van der Waals surface area contributed by atoms with Crippen molar-refractivity contribution in [2.45, 2.75) is 32.0 Å². The van der Waals surface area contributed by atoms with E-state index in [1.165, 1.54) is 13.8 Å². The highest BCUT2D eigenvalue weighted by Gasteiger charge is 2.44. The van der Waals surface area contributed by atoms with Crippen LogP contribution in [-0.2, 0) is 20.5 Å². The minimum absolute atomic E-state index is 0.115. The van der Waals surface area contributed by atoms with Crippen molar-refractivity contribution in [2.75, 3.05) is 11.9 Å². The van der Waals surface area contributed by atoms with Crippen LogP contribution in [0.25, 0.3) is 0 Å². The summed E-state index contributed by atoms with van der Waals surface area (Å²) in [6.45, 7) is 2.65. The smallest absolute Gasteiger partial charge is 0.434 e. The zero-order chi connectivity index (χ0) is 18.1. The van der Waals surface area contributed by atoms with Crippen molar-refractivity contribution in [3.05, 3.63) is 17.5 Å². The molecule has 2 heterocycles. The Kier molecular flexibility index (Phi) is 4.45. The van der Waals surface area contributed by atoms with Crippen molar-refractivity contribution in [3.8, 4) is 0 Å². The molecule has 0 bridgehead atoms. The standard InChI is InChI=1S/C13H13F3N4O4/c1-3-24-9(22)6-5-17-11(19-8(6)13(14,15)16)20-12(2)4-7(21)18-10(12)23/h5H,3-4H2,1-2H3,(H,17,19,20)(H,18,21,23). The van der Waals surface area contributed by atoms with E-state index >= 15 is 0 Å². The molecule has 0 radical (unpaired) electrons. The number of esters is 1. The Morgan fingerprint density at radius 2 is 2.12 bits per heavy atom. The summed E-state index contributed by atoms with van der Waals surface area (Å²) in [5.74, 6) is -3.03. The van der Waals surface area contributed by atoms with Crippen LogP contribution in [0.1, 0.15) is 36.3 Å². The zero-order valence-corrected chi connectivity index (χ0v) is 12.7. The van der Waals surface area contributed by atoms with Gasteiger partial charge in [-0.25, -0.2) is 14.8 Å². The molecule has 1 aromatic heterocycles. The van der Waals surface area contributed by atoms with Gasteiger partial charge in [0.05, 0.1) is 13.0 Å². The van der Waals surface area contributed by atoms with Crippen LogP contribution in [-0.4, -0.2) is 39.9 Å². The second-order valence-electron chi connectivity index (χ2n) is 5.19. The van der Waals surface area contributed by atoms with Crippen molar-refractivity contribution in [1.82, 2.24) is 15.3 Å². The number of carbonyl (C=O) groups is 3. The molecule has 130 valence electrons. The van der Waals surface area contributed by atoms with Gasteiger partial charge in [-0.05, 0) is 13.8 Å². The van der Waals surface area contributed by atoms with Gasteiger partial charge in [0.2, 0.25) is 11.9 Å². The third kappa shape index (κ3) is 3.44. The molecule has 11 heteroatoms. The third-order valence-corrected chi connectivity index (χ3v) is 3.21. The largest absolute Gasteiger partial charge is 0.462 e. The van der Waals surface area contributed by atoms with E-state index in [9.17, 15) is 27.6 Å². The molecule has 2 N–H and O–H groups in total. The summed E-state index contributed by atoms with van der Waals surface area (Å²) in [7, 11) is 0. The van der Waals surface area contributed by atoms with Crippen LogP contribution in [0, 0.1) is 0 Å². The summed E-state index contributed by atoms with van der Waals surface area (Å²) in [6, 6.07) is 0. The van der Waals surface area contributed by atoms with E-state index in [-0.39, 0.29) is 13.0 Å². The van der Waals surface area contributed by atoms with Crippen LogP contribution in [0.2, 0.25) is 0 Å². The van der Waals surface area contributed by atoms with Gasteiger partial charge in [-0.2, -0.15) is 13.2 Å². The molecule has 8 nitrogen and oxygen atoms in total. The Morgan fingerprint density at radius 1 is 1.46 bits per heavy atom. The average molecular weight is 346 g/mol. The first-order chi connectivity index (χ1) is 11.1. The normalized spacial score (nSPS) is 20.7. The molecule has 0 saturated carbocycles. The molecule has 1 aliphatic heterocycles. The van der Waals surface area contributed by atoms with Crippen molar-refractivity contribution < 1.29 is 32.3 Å². The van der Waals surface area contributed by atoms with Crippen molar-refractivity contribution >= 4 is 23.7 Å². The number of rotatable bonds is 4. The number of amides is 2. The number of alkyl halides is 3. The summed E-state index contributed by atoms with van der Waals surface area (Å²) in [6.07, 6.45) is -4.56. The summed E-state index contributed by atoms with van der Waals surface area (Å²) in [5, 5.41) is 4.43. The van der Waals surface area contributed by atoms with Crippen molar-refractivity contribution in [1.29, 1.82) is 0 Å². The number of aromatic nitrogens is 2. The monoisotopic (exact) mass is 346 g/mol. The minimum Gasteiger partial charge on any atom is -0.462 e. The highest BCUT2D eigenvalue weighted by molar-refractivity contribution is 6.09. The zero-order valence-electron chi connectivity index (χ0n) is 12.7. The second kappa shape index (κ2) is 6.06. The Balaban J connectivity index is 2.38. The first kappa shape index (κ1) is 17.6. The molecule has 1 saturated heterocycles.